The molecule has 0 amide bonds. The van der Waals surface area contributed by atoms with Gasteiger partial charge in [-0.05, 0) is 62.3 Å². The van der Waals surface area contributed by atoms with E-state index in [1.54, 1.807) is 6.07 Å². The number of hydrogen-bond donors (Lipinski definition) is 2. The first-order valence-electron chi connectivity index (χ1n) is 9.80. The molecule has 0 saturated heterocycles. The Morgan fingerprint density at radius 1 is 1.29 bits per heavy atom. The Hall–Kier alpha value is -2.54. The number of benzene rings is 1. The van der Waals surface area contributed by atoms with Crippen LogP contribution in [0, 0.1) is 18.7 Å². The Balaban J connectivity index is 1.35. The van der Waals surface area contributed by atoms with Crippen LogP contribution >= 0.6 is 0 Å². The van der Waals surface area contributed by atoms with Crippen molar-refractivity contribution >= 4 is 11.8 Å². The number of nitrogens with one attached hydrogen (secondary N) is 1. The molecule has 1 aromatic carbocycles. The average molecular weight is 384 g/mol. The fourth-order valence-electron chi connectivity index (χ4n) is 3.76. The second-order valence-electron chi connectivity index (χ2n) is 8.00. The number of halogens is 1. The van der Waals surface area contributed by atoms with Crippen molar-refractivity contribution < 1.29 is 14.3 Å². The molecule has 28 heavy (non-hydrogen) atoms. The number of carboxylic acid groups (broad SMARTS) is 1. The normalized spacial score (nSPS) is 21.4. The number of aliphatic carboxylic acids is 1. The number of carbonyl (C=O) groups is 1. The number of aryl methyl sites for hydroxylation is 1. The maximum absolute atomic E-state index is 13.4. The van der Waals surface area contributed by atoms with Crippen molar-refractivity contribution in [2.24, 2.45) is 5.92 Å². The van der Waals surface area contributed by atoms with E-state index in [2.05, 4.69) is 20.4 Å². The highest BCUT2D eigenvalue weighted by molar-refractivity contribution is 5.69. The number of nitrogens with zero attached hydrogens (tertiary/aromatic N) is 3. The summed E-state index contributed by atoms with van der Waals surface area (Å²) in [6, 6.07) is 8.82. The minimum atomic E-state index is -0.758. The van der Waals surface area contributed by atoms with E-state index in [0.717, 1.165) is 30.8 Å². The summed E-state index contributed by atoms with van der Waals surface area (Å²) in [6.07, 6.45) is 4.26. The van der Waals surface area contributed by atoms with Gasteiger partial charge in [-0.2, -0.15) is 0 Å². The van der Waals surface area contributed by atoms with Crippen LogP contribution in [0.4, 0.5) is 10.2 Å². The van der Waals surface area contributed by atoms with E-state index in [4.69, 9.17) is 5.11 Å². The minimum Gasteiger partial charge on any atom is -0.480 e. The molecule has 2 aromatic rings. The van der Waals surface area contributed by atoms with E-state index in [-0.39, 0.29) is 18.4 Å². The van der Waals surface area contributed by atoms with Crippen molar-refractivity contribution in [3.05, 3.63) is 41.7 Å². The summed E-state index contributed by atoms with van der Waals surface area (Å²) in [6.45, 7) is 2.97. The van der Waals surface area contributed by atoms with Crippen LogP contribution in [0.3, 0.4) is 0 Å². The summed E-state index contributed by atoms with van der Waals surface area (Å²) in [7, 11) is 0. The van der Waals surface area contributed by atoms with Crippen molar-refractivity contribution in [2.75, 3.05) is 18.4 Å². The lowest BCUT2D eigenvalue weighted by Gasteiger charge is -2.43. The van der Waals surface area contributed by atoms with Crippen molar-refractivity contribution in [1.82, 2.24) is 15.1 Å². The molecule has 2 fully saturated rings. The van der Waals surface area contributed by atoms with E-state index in [1.165, 1.54) is 25.0 Å². The van der Waals surface area contributed by atoms with Gasteiger partial charge in [0, 0.05) is 24.2 Å². The number of carboxylic acids is 1. The molecular weight excluding hydrogens is 359 g/mol. The first-order chi connectivity index (χ1) is 13.5. The van der Waals surface area contributed by atoms with Gasteiger partial charge in [-0.25, -0.2) is 4.39 Å². The monoisotopic (exact) mass is 384 g/mol. The molecule has 0 radical (unpaired) electrons. The van der Waals surface area contributed by atoms with Crippen LogP contribution in [0.1, 0.15) is 31.2 Å². The van der Waals surface area contributed by atoms with Gasteiger partial charge in [0.1, 0.15) is 5.82 Å². The maximum Gasteiger partial charge on any atom is 0.317 e. The highest BCUT2D eigenvalue weighted by Crippen LogP contribution is 2.35. The molecule has 148 valence electrons. The summed E-state index contributed by atoms with van der Waals surface area (Å²) in [4.78, 5) is 13.3. The molecule has 7 heteroatoms. The molecular formula is C21H25FN4O2. The van der Waals surface area contributed by atoms with Crippen LogP contribution in [0.2, 0.25) is 0 Å². The first kappa shape index (κ1) is 18.8. The second kappa shape index (κ2) is 7.83. The van der Waals surface area contributed by atoms with Crippen LogP contribution < -0.4 is 5.32 Å². The molecule has 2 saturated carbocycles. The SMILES string of the molecule is Cc1cc(-c2cccc(F)c2)nnc1NC1CC(N(CC(=O)O)CC2CC2)C1. The molecule has 0 atom stereocenters. The van der Waals surface area contributed by atoms with E-state index in [9.17, 15) is 9.18 Å². The van der Waals surface area contributed by atoms with Gasteiger partial charge in [0.2, 0.25) is 0 Å². The molecule has 0 spiro atoms. The van der Waals surface area contributed by atoms with Gasteiger partial charge in [0.15, 0.2) is 5.82 Å². The van der Waals surface area contributed by atoms with Crippen LogP contribution in [0.25, 0.3) is 11.3 Å². The maximum atomic E-state index is 13.4. The van der Waals surface area contributed by atoms with Gasteiger partial charge >= 0.3 is 5.97 Å². The van der Waals surface area contributed by atoms with Gasteiger partial charge in [-0.1, -0.05) is 12.1 Å². The summed E-state index contributed by atoms with van der Waals surface area (Å²) in [5.74, 6) is 0.355. The van der Waals surface area contributed by atoms with Crippen molar-refractivity contribution in [1.29, 1.82) is 0 Å². The van der Waals surface area contributed by atoms with Crippen molar-refractivity contribution in [2.45, 2.75) is 44.7 Å². The summed E-state index contributed by atoms with van der Waals surface area (Å²) >= 11 is 0. The fourth-order valence-corrected chi connectivity index (χ4v) is 3.76. The van der Waals surface area contributed by atoms with E-state index in [0.29, 0.717) is 23.2 Å². The molecule has 6 nitrogen and oxygen atoms in total. The van der Waals surface area contributed by atoms with Gasteiger partial charge in [0.25, 0.3) is 0 Å². The fraction of sp³-hybridized carbons (Fsp3) is 0.476. The topological polar surface area (TPSA) is 78.4 Å². The smallest absolute Gasteiger partial charge is 0.317 e. The number of rotatable bonds is 8. The molecule has 1 aromatic heterocycles. The summed E-state index contributed by atoms with van der Waals surface area (Å²) in [5.41, 5.74) is 2.31. The number of hydrogen-bond acceptors (Lipinski definition) is 5. The first-order valence-corrected chi connectivity index (χ1v) is 9.80. The molecule has 0 bridgehead atoms. The minimum absolute atomic E-state index is 0.120. The molecule has 0 aliphatic heterocycles. The van der Waals surface area contributed by atoms with Gasteiger partial charge < -0.3 is 10.4 Å². The predicted octanol–water partition coefficient (Wildman–Crippen LogP) is 3.33. The summed E-state index contributed by atoms with van der Waals surface area (Å²) in [5, 5.41) is 21.1. The molecule has 1 heterocycles. The molecule has 2 aliphatic rings. The van der Waals surface area contributed by atoms with Crippen LogP contribution in [-0.2, 0) is 4.79 Å². The van der Waals surface area contributed by atoms with Crippen molar-refractivity contribution in [3.8, 4) is 11.3 Å². The third kappa shape index (κ3) is 4.47. The van der Waals surface area contributed by atoms with E-state index >= 15 is 0 Å². The predicted molar refractivity (Wildman–Crippen MR) is 105 cm³/mol. The lowest BCUT2D eigenvalue weighted by molar-refractivity contribution is -0.139. The lowest BCUT2D eigenvalue weighted by Crippen LogP contribution is -2.52. The Bertz CT molecular complexity index is 865. The van der Waals surface area contributed by atoms with Crippen LogP contribution in [0.15, 0.2) is 30.3 Å². The molecule has 2 N–H and O–H groups in total. The largest absolute Gasteiger partial charge is 0.480 e. The number of anilines is 1. The Labute approximate surface area is 163 Å². The standard InChI is InChI=1S/C21H25FN4O2/c1-13-7-19(15-3-2-4-16(22)8-15)24-25-21(13)23-17-9-18(10-17)26(12-20(27)28)11-14-5-6-14/h2-4,7-8,14,17-18H,5-6,9-12H2,1H3,(H,23,25)(H,27,28). The van der Waals surface area contributed by atoms with E-state index < -0.39 is 5.97 Å². The quantitative estimate of drug-likeness (QED) is 0.727. The third-order valence-electron chi connectivity index (χ3n) is 5.60. The average Bonchev–Trinajstić information content (AvgIpc) is 3.42. The summed E-state index contributed by atoms with van der Waals surface area (Å²) < 4.78 is 13.4. The zero-order chi connectivity index (χ0) is 19.7. The molecule has 0 unspecified atom stereocenters. The van der Waals surface area contributed by atoms with Crippen LogP contribution in [0.5, 0.6) is 0 Å². The van der Waals surface area contributed by atoms with Gasteiger partial charge in [-0.15, -0.1) is 10.2 Å². The van der Waals surface area contributed by atoms with E-state index in [1.807, 2.05) is 19.1 Å². The number of aromatic nitrogens is 2. The van der Waals surface area contributed by atoms with Gasteiger partial charge in [-0.3, -0.25) is 9.69 Å². The van der Waals surface area contributed by atoms with Crippen molar-refractivity contribution in [3.63, 3.8) is 0 Å². The third-order valence-corrected chi connectivity index (χ3v) is 5.60. The Morgan fingerprint density at radius 2 is 2.07 bits per heavy atom. The Morgan fingerprint density at radius 3 is 2.71 bits per heavy atom. The molecule has 2 aliphatic carbocycles. The van der Waals surface area contributed by atoms with Gasteiger partial charge in [0.05, 0.1) is 12.2 Å². The lowest BCUT2D eigenvalue weighted by atomic mass is 9.85. The highest BCUT2D eigenvalue weighted by atomic mass is 19.1. The Kier molecular flexibility index (Phi) is 5.26. The second-order valence-corrected chi connectivity index (χ2v) is 8.00. The highest BCUT2D eigenvalue weighted by Gasteiger charge is 2.37. The zero-order valence-corrected chi connectivity index (χ0v) is 15.9. The van der Waals surface area contributed by atoms with Crippen LogP contribution in [-0.4, -0.2) is 51.3 Å². The molecule has 4 rings (SSSR count). The zero-order valence-electron chi connectivity index (χ0n) is 15.9.